The van der Waals surface area contributed by atoms with E-state index in [1.807, 2.05) is 13.8 Å². The highest BCUT2D eigenvalue weighted by atomic mass is 19.4. The number of hydrogen-bond acceptors (Lipinski definition) is 3. The molecule has 0 amide bonds. The zero-order valence-corrected chi connectivity index (χ0v) is 11.8. The molecule has 1 N–H and O–H groups in total. The summed E-state index contributed by atoms with van der Waals surface area (Å²) in [5, 5.41) is 3.16. The Labute approximate surface area is 120 Å². The van der Waals surface area contributed by atoms with Gasteiger partial charge in [-0.3, -0.25) is 0 Å². The maximum atomic E-state index is 13.6. The minimum atomic E-state index is -4.57. The van der Waals surface area contributed by atoms with Crippen LogP contribution in [0.15, 0.2) is 18.2 Å². The lowest BCUT2D eigenvalue weighted by molar-refractivity contribution is -0.137. The lowest BCUT2D eigenvalue weighted by Crippen LogP contribution is -2.52. The molecule has 1 atom stereocenters. The fourth-order valence-corrected chi connectivity index (χ4v) is 2.14. The van der Waals surface area contributed by atoms with E-state index in [0.29, 0.717) is 19.2 Å². The van der Waals surface area contributed by atoms with Crippen molar-refractivity contribution >= 4 is 0 Å². The first-order valence-electron chi connectivity index (χ1n) is 6.55. The van der Waals surface area contributed by atoms with Crippen LogP contribution in [0, 0.1) is 5.82 Å². The Kier molecular flexibility index (Phi) is 4.43. The number of ether oxygens (including phenoxy) is 2. The Morgan fingerprint density at radius 2 is 2.10 bits per heavy atom. The molecule has 0 spiro atoms. The molecule has 2 rings (SSSR count). The molecular weight excluding hydrogens is 290 g/mol. The van der Waals surface area contributed by atoms with Crippen LogP contribution >= 0.6 is 0 Å². The summed E-state index contributed by atoms with van der Waals surface area (Å²) >= 11 is 0. The first-order chi connectivity index (χ1) is 9.67. The highest BCUT2D eigenvalue weighted by molar-refractivity contribution is 5.30. The van der Waals surface area contributed by atoms with Crippen molar-refractivity contribution < 1.29 is 27.0 Å². The summed E-state index contributed by atoms with van der Waals surface area (Å²) in [6.07, 6.45) is -4.85. The quantitative estimate of drug-likeness (QED) is 0.871. The average molecular weight is 307 g/mol. The van der Waals surface area contributed by atoms with Crippen LogP contribution in [-0.2, 0) is 10.9 Å². The summed E-state index contributed by atoms with van der Waals surface area (Å²) in [6.45, 7) is 5.12. The smallest absolute Gasteiger partial charge is 0.416 e. The maximum absolute atomic E-state index is 13.6. The van der Waals surface area contributed by atoms with E-state index >= 15 is 0 Å². The first kappa shape index (κ1) is 16.0. The van der Waals surface area contributed by atoms with Crippen LogP contribution in [0.5, 0.6) is 5.75 Å². The molecule has 1 unspecified atom stereocenters. The molecule has 1 fully saturated rings. The van der Waals surface area contributed by atoms with Crippen LogP contribution in [0.4, 0.5) is 17.6 Å². The highest BCUT2D eigenvalue weighted by Crippen LogP contribution is 2.32. The van der Waals surface area contributed by atoms with E-state index < -0.39 is 17.6 Å². The summed E-state index contributed by atoms with van der Waals surface area (Å²) < 4.78 is 61.8. The second-order valence-electron chi connectivity index (χ2n) is 5.58. The van der Waals surface area contributed by atoms with Crippen molar-refractivity contribution in [3.05, 3.63) is 29.6 Å². The van der Waals surface area contributed by atoms with Crippen LogP contribution < -0.4 is 10.1 Å². The lowest BCUT2D eigenvalue weighted by atomic mass is 10.1. The predicted molar refractivity (Wildman–Crippen MR) is 68.7 cm³/mol. The van der Waals surface area contributed by atoms with Gasteiger partial charge in [-0.15, -0.1) is 0 Å². The van der Waals surface area contributed by atoms with Crippen molar-refractivity contribution in [3.8, 4) is 5.75 Å². The summed E-state index contributed by atoms with van der Waals surface area (Å²) in [5.41, 5.74) is -1.39. The minimum absolute atomic E-state index is 0.0682. The summed E-state index contributed by atoms with van der Waals surface area (Å²) in [5.74, 6) is -1.25. The summed E-state index contributed by atoms with van der Waals surface area (Å²) in [4.78, 5) is 0. The van der Waals surface area contributed by atoms with E-state index in [4.69, 9.17) is 9.47 Å². The van der Waals surface area contributed by atoms with E-state index in [2.05, 4.69) is 5.32 Å². The third-order valence-corrected chi connectivity index (χ3v) is 3.09. The van der Waals surface area contributed by atoms with Crippen molar-refractivity contribution in [2.45, 2.75) is 31.7 Å². The van der Waals surface area contributed by atoms with Crippen LogP contribution in [0.2, 0.25) is 0 Å². The third kappa shape index (κ3) is 4.31. The van der Waals surface area contributed by atoms with Crippen molar-refractivity contribution in [3.63, 3.8) is 0 Å². The Bertz CT molecular complexity index is 502. The second kappa shape index (κ2) is 5.81. The van der Waals surface area contributed by atoms with Crippen LogP contribution in [0.1, 0.15) is 19.4 Å². The van der Waals surface area contributed by atoms with Gasteiger partial charge in [0.1, 0.15) is 12.7 Å². The lowest BCUT2D eigenvalue weighted by Gasteiger charge is -2.36. The molecule has 0 aliphatic carbocycles. The Morgan fingerprint density at radius 3 is 2.67 bits per heavy atom. The Balaban J connectivity index is 1.98. The van der Waals surface area contributed by atoms with Crippen molar-refractivity contribution in [1.82, 2.24) is 5.32 Å². The number of benzene rings is 1. The normalized spacial score (nSPS) is 22.1. The number of morpholine rings is 1. The molecule has 1 aliphatic rings. The number of nitrogens with one attached hydrogen (secondary N) is 1. The summed E-state index contributed by atoms with van der Waals surface area (Å²) in [6, 6.07) is 2.21. The van der Waals surface area contributed by atoms with E-state index in [-0.39, 0.29) is 24.1 Å². The van der Waals surface area contributed by atoms with Crippen molar-refractivity contribution in [1.29, 1.82) is 0 Å². The van der Waals surface area contributed by atoms with Gasteiger partial charge in [-0.2, -0.15) is 13.2 Å². The van der Waals surface area contributed by atoms with E-state index in [9.17, 15) is 17.6 Å². The molecule has 118 valence electrons. The number of halogens is 4. The molecule has 3 nitrogen and oxygen atoms in total. The van der Waals surface area contributed by atoms with Crippen LogP contribution in [-0.4, -0.2) is 31.4 Å². The molecule has 1 aliphatic heterocycles. The van der Waals surface area contributed by atoms with Gasteiger partial charge < -0.3 is 14.8 Å². The molecule has 1 aromatic carbocycles. The van der Waals surface area contributed by atoms with Gasteiger partial charge in [0.2, 0.25) is 0 Å². The number of rotatable bonds is 3. The van der Waals surface area contributed by atoms with E-state index in [1.165, 1.54) is 0 Å². The zero-order chi connectivity index (χ0) is 15.7. The van der Waals surface area contributed by atoms with Gasteiger partial charge in [0.15, 0.2) is 11.6 Å². The Morgan fingerprint density at radius 1 is 1.38 bits per heavy atom. The van der Waals surface area contributed by atoms with Gasteiger partial charge in [-0.05, 0) is 32.0 Å². The van der Waals surface area contributed by atoms with Gasteiger partial charge in [-0.25, -0.2) is 4.39 Å². The van der Waals surface area contributed by atoms with Crippen LogP contribution in [0.3, 0.4) is 0 Å². The third-order valence-electron chi connectivity index (χ3n) is 3.09. The number of hydrogen-bond donors (Lipinski definition) is 1. The molecule has 21 heavy (non-hydrogen) atoms. The molecule has 0 bridgehead atoms. The maximum Gasteiger partial charge on any atom is 0.416 e. The first-order valence-corrected chi connectivity index (χ1v) is 6.55. The molecule has 1 heterocycles. The molecule has 7 heteroatoms. The molecule has 1 saturated heterocycles. The fourth-order valence-electron chi connectivity index (χ4n) is 2.14. The fraction of sp³-hybridized carbons (Fsp3) is 0.571. The van der Waals surface area contributed by atoms with Gasteiger partial charge in [0.25, 0.3) is 0 Å². The largest absolute Gasteiger partial charge is 0.488 e. The SMILES string of the molecule is CC1(C)CNCC(COc2ccc(C(F)(F)F)cc2F)O1. The van der Waals surface area contributed by atoms with Gasteiger partial charge in [0.05, 0.1) is 11.2 Å². The standard InChI is InChI=1S/C14H17F4NO2/c1-13(2)8-19-6-10(21-13)7-20-12-4-3-9(5-11(12)15)14(16,17)18/h3-5,10,19H,6-8H2,1-2H3. The summed E-state index contributed by atoms with van der Waals surface area (Å²) in [7, 11) is 0. The zero-order valence-electron chi connectivity index (χ0n) is 11.8. The molecule has 0 saturated carbocycles. The molecular formula is C14H17F4NO2. The topological polar surface area (TPSA) is 30.5 Å². The van der Waals surface area contributed by atoms with E-state index in [0.717, 1.165) is 12.1 Å². The van der Waals surface area contributed by atoms with Crippen LogP contribution in [0.25, 0.3) is 0 Å². The van der Waals surface area contributed by atoms with E-state index in [1.54, 1.807) is 0 Å². The Hall–Kier alpha value is -1.34. The predicted octanol–water partition coefficient (Wildman–Crippen LogP) is 2.99. The molecule has 0 radical (unpaired) electrons. The van der Waals surface area contributed by atoms with Crippen molar-refractivity contribution in [2.75, 3.05) is 19.7 Å². The van der Waals surface area contributed by atoms with Crippen molar-refractivity contribution in [2.24, 2.45) is 0 Å². The van der Waals surface area contributed by atoms with Gasteiger partial charge >= 0.3 is 6.18 Å². The minimum Gasteiger partial charge on any atom is -0.488 e. The number of alkyl halides is 3. The highest BCUT2D eigenvalue weighted by Gasteiger charge is 2.32. The van der Waals surface area contributed by atoms with Gasteiger partial charge in [0, 0.05) is 13.1 Å². The monoisotopic (exact) mass is 307 g/mol. The van der Waals surface area contributed by atoms with Gasteiger partial charge in [-0.1, -0.05) is 0 Å². The molecule has 1 aromatic rings. The second-order valence-corrected chi connectivity index (χ2v) is 5.58. The molecule has 0 aromatic heterocycles. The average Bonchev–Trinajstić information content (AvgIpc) is 2.35.